The summed E-state index contributed by atoms with van der Waals surface area (Å²) in [5, 5.41) is 0. The molecule has 0 spiro atoms. The van der Waals surface area contributed by atoms with Crippen LogP contribution in [0.15, 0.2) is 42.5 Å². The predicted octanol–water partition coefficient (Wildman–Crippen LogP) is 3.83. The third-order valence-corrected chi connectivity index (χ3v) is 4.36. The van der Waals surface area contributed by atoms with Gasteiger partial charge >= 0.3 is 0 Å². The largest absolute Gasteiger partial charge is 0.491 e. The monoisotopic (exact) mass is 312 g/mol. The van der Waals surface area contributed by atoms with Gasteiger partial charge in [0.2, 0.25) is 0 Å². The summed E-state index contributed by atoms with van der Waals surface area (Å²) in [5.41, 5.74) is 10.2. The summed E-state index contributed by atoms with van der Waals surface area (Å²) in [4.78, 5) is 2.34. The van der Waals surface area contributed by atoms with Gasteiger partial charge in [-0.25, -0.2) is 0 Å². The van der Waals surface area contributed by atoms with Gasteiger partial charge in [0, 0.05) is 18.3 Å². The topological polar surface area (TPSA) is 38.5 Å². The van der Waals surface area contributed by atoms with Crippen molar-refractivity contribution in [1.82, 2.24) is 4.90 Å². The van der Waals surface area contributed by atoms with Crippen molar-refractivity contribution in [3.8, 4) is 5.75 Å². The molecule has 23 heavy (non-hydrogen) atoms. The van der Waals surface area contributed by atoms with Gasteiger partial charge in [0.15, 0.2) is 0 Å². The van der Waals surface area contributed by atoms with Crippen LogP contribution in [0, 0.1) is 13.8 Å². The zero-order chi connectivity index (χ0) is 16.8. The van der Waals surface area contributed by atoms with E-state index in [-0.39, 0.29) is 0 Å². The normalized spacial score (nSPS) is 12.4. The van der Waals surface area contributed by atoms with Crippen LogP contribution in [0.25, 0.3) is 0 Å². The molecular formula is C20H28N2O. The minimum absolute atomic E-state index is 0.364. The summed E-state index contributed by atoms with van der Waals surface area (Å²) in [6.07, 6.45) is 1.02. The fourth-order valence-electron chi connectivity index (χ4n) is 2.57. The first-order chi connectivity index (χ1) is 11.0. The van der Waals surface area contributed by atoms with Gasteiger partial charge in [-0.05, 0) is 63.1 Å². The molecule has 2 aromatic carbocycles. The third kappa shape index (κ3) is 5.00. The lowest BCUT2D eigenvalue weighted by molar-refractivity contribution is 0.173. The lowest BCUT2D eigenvalue weighted by Gasteiger charge is -2.25. The lowest BCUT2D eigenvalue weighted by Crippen LogP contribution is -2.35. The molecule has 0 aliphatic rings. The molecule has 2 rings (SSSR count). The number of aryl methyl sites for hydroxylation is 2. The molecule has 0 saturated heterocycles. The Bertz CT molecular complexity index is 602. The summed E-state index contributed by atoms with van der Waals surface area (Å²) in [5.74, 6) is 1.02. The van der Waals surface area contributed by atoms with E-state index in [1.54, 1.807) is 0 Å². The summed E-state index contributed by atoms with van der Waals surface area (Å²) in [6.45, 7) is 8.09. The summed E-state index contributed by atoms with van der Waals surface area (Å²) in [7, 11) is 2.15. The average Bonchev–Trinajstić information content (AvgIpc) is 2.53. The average molecular weight is 312 g/mol. The van der Waals surface area contributed by atoms with E-state index in [9.17, 15) is 0 Å². The van der Waals surface area contributed by atoms with Crippen LogP contribution in [-0.2, 0) is 6.42 Å². The molecule has 1 atom stereocenters. The predicted molar refractivity (Wildman–Crippen MR) is 98.1 cm³/mol. The fraction of sp³-hybridized carbons (Fsp3) is 0.400. The zero-order valence-electron chi connectivity index (χ0n) is 14.7. The minimum atomic E-state index is 0.364. The van der Waals surface area contributed by atoms with Crippen LogP contribution in [0.3, 0.4) is 0 Å². The van der Waals surface area contributed by atoms with Gasteiger partial charge in [-0.1, -0.05) is 30.3 Å². The molecule has 3 heteroatoms. The number of hydrogen-bond donors (Lipinski definition) is 1. The Morgan fingerprint density at radius 2 is 1.65 bits per heavy atom. The van der Waals surface area contributed by atoms with E-state index in [0.717, 1.165) is 24.4 Å². The maximum Gasteiger partial charge on any atom is 0.125 e. The number of benzene rings is 2. The van der Waals surface area contributed by atoms with E-state index in [4.69, 9.17) is 10.5 Å². The standard InChI is InChI=1S/C20H28N2O/c1-15-6-5-7-16(2)20(15)23-14-17(3)22(4)13-12-18-8-10-19(21)11-9-18/h5-11,17H,12-14,21H2,1-4H3/t17-/m1/s1. The van der Waals surface area contributed by atoms with E-state index in [0.29, 0.717) is 12.6 Å². The number of nitrogen functional groups attached to an aromatic ring is 1. The minimum Gasteiger partial charge on any atom is -0.491 e. The molecule has 0 aliphatic heterocycles. The van der Waals surface area contributed by atoms with Gasteiger partial charge in [0.05, 0.1) is 0 Å². The molecule has 0 radical (unpaired) electrons. The van der Waals surface area contributed by atoms with Gasteiger partial charge in [0.1, 0.15) is 12.4 Å². The number of hydrogen-bond acceptors (Lipinski definition) is 3. The van der Waals surface area contributed by atoms with Crippen LogP contribution in [0.4, 0.5) is 5.69 Å². The number of anilines is 1. The Balaban J connectivity index is 1.83. The van der Waals surface area contributed by atoms with Gasteiger partial charge in [-0.2, -0.15) is 0 Å². The Morgan fingerprint density at radius 3 is 2.26 bits per heavy atom. The summed E-state index contributed by atoms with van der Waals surface area (Å²) in [6, 6.07) is 14.7. The highest BCUT2D eigenvalue weighted by molar-refractivity contribution is 5.40. The Labute approximate surface area is 140 Å². The smallest absolute Gasteiger partial charge is 0.125 e. The highest BCUT2D eigenvalue weighted by Crippen LogP contribution is 2.22. The highest BCUT2D eigenvalue weighted by atomic mass is 16.5. The van der Waals surface area contributed by atoms with Gasteiger partial charge in [0.25, 0.3) is 0 Å². The number of nitrogens with two attached hydrogens (primary N) is 1. The van der Waals surface area contributed by atoms with E-state index < -0.39 is 0 Å². The van der Waals surface area contributed by atoms with Crippen molar-refractivity contribution in [1.29, 1.82) is 0 Å². The molecule has 0 aromatic heterocycles. The number of ether oxygens (including phenoxy) is 1. The Hall–Kier alpha value is -2.00. The lowest BCUT2D eigenvalue weighted by atomic mass is 10.1. The van der Waals surface area contributed by atoms with Crippen LogP contribution in [0.2, 0.25) is 0 Å². The van der Waals surface area contributed by atoms with Crippen molar-refractivity contribution >= 4 is 5.69 Å². The molecule has 124 valence electrons. The first-order valence-corrected chi connectivity index (χ1v) is 8.21. The number of likely N-dealkylation sites (N-methyl/N-ethyl adjacent to an activating group) is 1. The Morgan fingerprint density at radius 1 is 1.04 bits per heavy atom. The SMILES string of the molecule is Cc1cccc(C)c1OC[C@@H](C)N(C)CCc1ccc(N)cc1. The second kappa shape index (κ2) is 8.02. The van der Waals surface area contributed by atoms with Crippen molar-refractivity contribution in [2.75, 3.05) is 25.9 Å². The van der Waals surface area contributed by atoms with Crippen molar-refractivity contribution in [2.24, 2.45) is 0 Å². The Kier molecular flexibility index (Phi) is 6.05. The molecule has 0 unspecified atom stereocenters. The number of nitrogens with zero attached hydrogens (tertiary/aromatic N) is 1. The fourth-order valence-corrected chi connectivity index (χ4v) is 2.57. The van der Waals surface area contributed by atoms with Crippen LogP contribution in [-0.4, -0.2) is 31.1 Å². The molecule has 0 bridgehead atoms. The molecular weight excluding hydrogens is 284 g/mol. The first-order valence-electron chi connectivity index (χ1n) is 8.21. The van der Waals surface area contributed by atoms with Gasteiger partial charge in [-0.3, -0.25) is 4.90 Å². The van der Waals surface area contributed by atoms with E-state index >= 15 is 0 Å². The number of rotatable bonds is 7. The molecule has 0 aliphatic carbocycles. The molecule has 0 heterocycles. The summed E-state index contributed by atoms with van der Waals surface area (Å²) < 4.78 is 6.06. The third-order valence-electron chi connectivity index (χ3n) is 4.36. The van der Waals surface area contributed by atoms with E-state index in [1.807, 2.05) is 12.1 Å². The van der Waals surface area contributed by atoms with Crippen LogP contribution < -0.4 is 10.5 Å². The zero-order valence-corrected chi connectivity index (χ0v) is 14.7. The number of para-hydroxylation sites is 1. The van der Waals surface area contributed by atoms with Crippen molar-refractivity contribution < 1.29 is 4.74 Å². The molecule has 3 nitrogen and oxygen atoms in total. The first kappa shape index (κ1) is 17.4. The maximum absolute atomic E-state index is 6.06. The summed E-state index contributed by atoms with van der Waals surface area (Å²) >= 11 is 0. The second-order valence-corrected chi connectivity index (χ2v) is 6.35. The highest BCUT2D eigenvalue weighted by Gasteiger charge is 2.11. The van der Waals surface area contributed by atoms with Gasteiger partial charge in [-0.15, -0.1) is 0 Å². The molecule has 2 N–H and O–H groups in total. The quantitative estimate of drug-likeness (QED) is 0.790. The van der Waals surface area contributed by atoms with E-state index in [1.165, 1.54) is 16.7 Å². The van der Waals surface area contributed by atoms with Crippen LogP contribution in [0.5, 0.6) is 5.75 Å². The van der Waals surface area contributed by atoms with Crippen molar-refractivity contribution in [3.63, 3.8) is 0 Å². The molecule has 0 saturated carbocycles. The van der Waals surface area contributed by atoms with Crippen LogP contribution >= 0.6 is 0 Å². The van der Waals surface area contributed by atoms with Gasteiger partial charge < -0.3 is 10.5 Å². The van der Waals surface area contributed by atoms with Crippen molar-refractivity contribution in [3.05, 3.63) is 59.2 Å². The van der Waals surface area contributed by atoms with Crippen LogP contribution in [0.1, 0.15) is 23.6 Å². The maximum atomic E-state index is 6.06. The second-order valence-electron chi connectivity index (χ2n) is 6.35. The molecule has 0 fully saturated rings. The molecule has 0 amide bonds. The van der Waals surface area contributed by atoms with Crippen molar-refractivity contribution in [2.45, 2.75) is 33.2 Å². The van der Waals surface area contributed by atoms with E-state index in [2.05, 4.69) is 63.1 Å². The molecule has 2 aromatic rings.